The lowest BCUT2D eigenvalue weighted by Gasteiger charge is -2.10. The van der Waals surface area contributed by atoms with Gasteiger partial charge in [-0.15, -0.1) is 11.3 Å². The van der Waals surface area contributed by atoms with Crippen molar-refractivity contribution in [2.45, 2.75) is 19.4 Å². The number of nitrogens with zero attached hydrogens (tertiary/aromatic N) is 1. The van der Waals surface area contributed by atoms with Gasteiger partial charge in [-0.25, -0.2) is 4.98 Å². The van der Waals surface area contributed by atoms with Crippen LogP contribution in [-0.4, -0.2) is 22.3 Å². The van der Waals surface area contributed by atoms with Crippen LogP contribution < -0.4 is 5.32 Å². The minimum atomic E-state index is -0.0882. The Hall–Kier alpha value is -0.420. The van der Waals surface area contributed by atoms with Crippen LogP contribution in [0.15, 0.2) is 10.9 Å². The predicted molar refractivity (Wildman–Crippen MR) is 57.5 cm³/mol. The molecule has 72 valence electrons. The largest absolute Gasteiger partial charge is 0.348 e. The maximum Gasteiger partial charge on any atom is 0.270 e. The number of halogens is 1. The van der Waals surface area contributed by atoms with Gasteiger partial charge in [0, 0.05) is 16.8 Å². The third kappa shape index (κ3) is 3.44. The Morgan fingerprint density at radius 1 is 1.85 bits per heavy atom. The fourth-order valence-electron chi connectivity index (χ4n) is 0.858. The number of carbonyl (C=O) groups excluding carboxylic acids is 1. The summed E-state index contributed by atoms with van der Waals surface area (Å²) in [7, 11) is 0. The van der Waals surface area contributed by atoms with E-state index in [1.807, 2.05) is 6.92 Å². The van der Waals surface area contributed by atoms with Gasteiger partial charge in [-0.2, -0.15) is 0 Å². The van der Waals surface area contributed by atoms with Crippen molar-refractivity contribution >= 4 is 33.2 Å². The molecule has 3 nitrogen and oxygen atoms in total. The van der Waals surface area contributed by atoms with E-state index in [4.69, 9.17) is 0 Å². The van der Waals surface area contributed by atoms with Crippen molar-refractivity contribution in [2.75, 3.05) is 5.33 Å². The average Bonchev–Trinajstić information content (AvgIpc) is 2.55. The Kier molecular flexibility index (Phi) is 4.38. The smallest absolute Gasteiger partial charge is 0.270 e. The topological polar surface area (TPSA) is 42.0 Å². The van der Waals surface area contributed by atoms with Gasteiger partial charge in [0.05, 0.1) is 5.51 Å². The zero-order chi connectivity index (χ0) is 9.68. The highest BCUT2D eigenvalue weighted by Crippen LogP contribution is 2.02. The molecule has 0 spiro atoms. The van der Waals surface area contributed by atoms with E-state index in [1.165, 1.54) is 11.3 Å². The molecule has 1 aromatic rings. The predicted octanol–water partition coefficient (Wildman–Crippen LogP) is 2.05. The minimum Gasteiger partial charge on any atom is -0.348 e. The summed E-state index contributed by atoms with van der Waals surface area (Å²) in [6.45, 7) is 1.98. The fraction of sp³-hybridized carbons (Fsp3) is 0.500. The Bertz CT molecular complexity index is 263. The SMILES string of the molecule is CC(CCBr)NC(=O)c1cscn1. The normalized spacial score (nSPS) is 12.5. The summed E-state index contributed by atoms with van der Waals surface area (Å²) in [5.41, 5.74) is 2.16. The summed E-state index contributed by atoms with van der Waals surface area (Å²) in [5, 5.41) is 5.50. The van der Waals surface area contributed by atoms with Crippen LogP contribution in [0, 0.1) is 0 Å². The summed E-state index contributed by atoms with van der Waals surface area (Å²) in [6, 6.07) is 0.188. The zero-order valence-corrected chi connectivity index (χ0v) is 9.69. The first kappa shape index (κ1) is 10.7. The number of hydrogen-bond acceptors (Lipinski definition) is 3. The number of amides is 1. The third-order valence-electron chi connectivity index (χ3n) is 1.58. The number of rotatable bonds is 4. The van der Waals surface area contributed by atoms with Gasteiger partial charge in [0.25, 0.3) is 5.91 Å². The molecule has 1 heterocycles. The molecule has 0 aliphatic rings. The molecule has 1 atom stereocenters. The van der Waals surface area contributed by atoms with E-state index in [2.05, 4.69) is 26.2 Å². The summed E-state index contributed by atoms with van der Waals surface area (Å²) < 4.78 is 0. The van der Waals surface area contributed by atoms with Crippen molar-refractivity contribution in [3.63, 3.8) is 0 Å². The highest BCUT2D eigenvalue weighted by Gasteiger charge is 2.10. The molecule has 0 aromatic carbocycles. The van der Waals surface area contributed by atoms with Crippen molar-refractivity contribution < 1.29 is 4.79 Å². The molecule has 0 radical (unpaired) electrons. The van der Waals surface area contributed by atoms with Crippen molar-refractivity contribution in [1.29, 1.82) is 0 Å². The van der Waals surface area contributed by atoms with E-state index in [9.17, 15) is 4.79 Å². The molecular weight excluding hydrogens is 252 g/mol. The van der Waals surface area contributed by atoms with Crippen molar-refractivity contribution in [2.24, 2.45) is 0 Å². The Labute approximate surface area is 89.7 Å². The van der Waals surface area contributed by atoms with Gasteiger partial charge in [-0.05, 0) is 13.3 Å². The van der Waals surface area contributed by atoms with E-state index < -0.39 is 0 Å². The van der Waals surface area contributed by atoms with Crippen LogP contribution >= 0.6 is 27.3 Å². The lowest BCUT2D eigenvalue weighted by molar-refractivity contribution is 0.0935. The molecule has 0 saturated carbocycles. The Morgan fingerprint density at radius 3 is 3.15 bits per heavy atom. The number of nitrogens with one attached hydrogen (secondary N) is 1. The summed E-state index contributed by atoms with van der Waals surface area (Å²) in [6.07, 6.45) is 0.926. The number of aromatic nitrogens is 1. The van der Waals surface area contributed by atoms with E-state index >= 15 is 0 Å². The molecule has 5 heteroatoms. The van der Waals surface area contributed by atoms with Gasteiger partial charge in [0.1, 0.15) is 5.69 Å². The summed E-state index contributed by atoms with van der Waals surface area (Å²) in [5.74, 6) is -0.0882. The summed E-state index contributed by atoms with van der Waals surface area (Å²) in [4.78, 5) is 15.3. The van der Waals surface area contributed by atoms with E-state index in [-0.39, 0.29) is 11.9 Å². The quantitative estimate of drug-likeness (QED) is 0.845. The average molecular weight is 263 g/mol. The van der Waals surface area contributed by atoms with Crippen molar-refractivity contribution in [3.05, 3.63) is 16.6 Å². The number of thiazole rings is 1. The van der Waals surface area contributed by atoms with Crippen LogP contribution in [-0.2, 0) is 0 Å². The first-order chi connectivity index (χ1) is 6.24. The lowest BCUT2D eigenvalue weighted by atomic mass is 10.2. The maximum absolute atomic E-state index is 11.4. The Morgan fingerprint density at radius 2 is 2.62 bits per heavy atom. The molecule has 1 rings (SSSR count). The van der Waals surface area contributed by atoms with Gasteiger partial charge in [0.2, 0.25) is 0 Å². The molecule has 0 aliphatic heterocycles. The minimum absolute atomic E-state index is 0.0882. The van der Waals surface area contributed by atoms with Gasteiger partial charge in [-0.3, -0.25) is 4.79 Å². The van der Waals surface area contributed by atoms with E-state index in [1.54, 1.807) is 10.9 Å². The fourth-order valence-corrected chi connectivity index (χ4v) is 2.08. The van der Waals surface area contributed by atoms with Gasteiger partial charge < -0.3 is 5.32 Å². The Balaban J connectivity index is 2.42. The van der Waals surface area contributed by atoms with Crippen molar-refractivity contribution in [3.8, 4) is 0 Å². The highest BCUT2D eigenvalue weighted by molar-refractivity contribution is 9.09. The highest BCUT2D eigenvalue weighted by atomic mass is 79.9. The number of hydrogen-bond donors (Lipinski definition) is 1. The molecule has 0 aliphatic carbocycles. The molecule has 0 bridgehead atoms. The van der Waals surface area contributed by atoms with Crippen molar-refractivity contribution in [1.82, 2.24) is 10.3 Å². The van der Waals surface area contributed by atoms with E-state index in [0.29, 0.717) is 5.69 Å². The second-order valence-corrected chi connectivity index (χ2v) is 4.24. The van der Waals surface area contributed by atoms with Crippen LogP contribution in [0.2, 0.25) is 0 Å². The molecule has 1 aromatic heterocycles. The van der Waals surface area contributed by atoms with Crippen LogP contribution in [0.1, 0.15) is 23.8 Å². The molecule has 13 heavy (non-hydrogen) atoms. The summed E-state index contributed by atoms with van der Waals surface area (Å²) >= 11 is 4.75. The third-order valence-corrected chi connectivity index (χ3v) is 2.63. The first-order valence-corrected chi connectivity index (χ1v) is 6.05. The maximum atomic E-state index is 11.4. The number of carbonyl (C=O) groups is 1. The van der Waals surface area contributed by atoms with Gasteiger partial charge >= 0.3 is 0 Å². The molecule has 0 saturated heterocycles. The first-order valence-electron chi connectivity index (χ1n) is 3.99. The zero-order valence-electron chi connectivity index (χ0n) is 7.29. The monoisotopic (exact) mass is 262 g/mol. The van der Waals surface area contributed by atoms with Crippen LogP contribution in [0.25, 0.3) is 0 Å². The number of alkyl halides is 1. The van der Waals surface area contributed by atoms with Gasteiger partial charge in [0.15, 0.2) is 0 Å². The lowest BCUT2D eigenvalue weighted by Crippen LogP contribution is -2.32. The molecule has 1 N–H and O–H groups in total. The van der Waals surface area contributed by atoms with E-state index in [0.717, 1.165) is 11.8 Å². The second kappa shape index (κ2) is 5.34. The van der Waals surface area contributed by atoms with Crippen LogP contribution in [0.3, 0.4) is 0 Å². The van der Waals surface area contributed by atoms with Crippen LogP contribution in [0.5, 0.6) is 0 Å². The van der Waals surface area contributed by atoms with Gasteiger partial charge in [-0.1, -0.05) is 15.9 Å². The standard InChI is InChI=1S/C8H11BrN2OS/c1-6(2-3-9)11-8(12)7-4-13-5-10-7/h4-6H,2-3H2,1H3,(H,11,12). The second-order valence-electron chi connectivity index (χ2n) is 2.73. The molecule has 1 unspecified atom stereocenters. The molecule has 0 fully saturated rings. The van der Waals surface area contributed by atoms with Crippen LogP contribution in [0.4, 0.5) is 0 Å². The molecular formula is C8H11BrN2OS. The molecule has 1 amide bonds.